The molecule has 16 heavy (non-hydrogen) atoms. The quantitative estimate of drug-likeness (QED) is 0.765. The number of hydrogen-bond donors (Lipinski definition) is 0. The van der Waals surface area contributed by atoms with Crippen molar-refractivity contribution >= 4 is 0 Å². The lowest BCUT2D eigenvalue weighted by Crippen LogP contribution is -1.90. The minimum Gasteiger partial charge on any atom is -0.438 e. The fourth-order valence-corrected chi connectivity index (χ4v) is 1.15. The predicted octanol–water partition coefficient (Wildman–Crippen LogP) is 2.45. The van der Waals surface area contributed by atoms with Gasteiger partial charge in [0.25, 0.3) is 0 Å². The normalized spacial score (nSPS) is 9.50. The maximum absolute atomic E-state index is 8.64. The smallest absolute Gasteiger partial charge is 0.237 e. The van der Waals surface area contributed by atoms with Gasteiger partial charge in [-0.2, -0.15) is 5.26 Å². The summed E-state index contributed by atoms with van der Waals surface area (Å²) in [5.41, 5.74) is 1.44. The third kappa shape index (κ3) is 2.34. The standard InChI is InChI=1S/C12H9N3O/c1-9-7-15-12(8-14-9)16-11-4-2-10(6-13)3-5-11/h2-5,7-8H,1H3. The van der Waals surface area contributed by atoms with E-state index in [1.54, 1.807) is 36.7 Å². The maximum atomic E-state index is 8.64. The first kappa shape index (κ1) is 10.1. The average molecular weight is 211 g/mol. The first-order chi connectivity index (χ1) is 7.78. The van der Waals surface area contributed by atoms with Crippen molar-refractivity contribution in [2.75, 3.05) is 0 Å². The monoisotopic (exact) mass is 211 g/mol. The summed E-state index contributed by atoms with van der Waals surface area (Å²) in [6.07, 6.45) is 3.20. The van der Waals surface area contributed by atoms with E-state index in [-0.39, 0.29) is 0 Å². The second-order valence-electron chi connectivity index (χ2n) is 3.23. The van der Waals surface area contributed by atoms with Crippen LogP contribution in [0.4, 0.5) is 0 Å². The summed E-state index contributed by atoms with van der Waals surface area (Å²) < 4.78 is 5.45. The zero-order valence-corrected chi connectivity index (χ0v) is 8.71. The van der Waals surface area contributed by atoms with Crippen LogP contribution >= 0.6 is 0 Å². The Morgan fingerprint density at radius 3 is 2.44 bits per heavy atom. The molecule has 0 N–H and O–H groups in total. The van der Waals surface area contributed by atoms with Gasteiger partial charge < -0.3 is 4.74 Å². The van der Waals surface area contributed by atoms with Crippen LogP contribution in [0.25, 0.3) is 0 Å². The SMILES string of the molecule is Cc1cnc(Oc2ccc(C#N)cc2)cn1. The highest BCUT2D eigenvalue weighted by Crippen LogP contribution is 2.18. The first-order valence-corrected chi connectivity index (χ1v) is 4.74. The molecule has 1 aromatic heterocycles. The third-order valence-electron chi connectivity index (χ3n) is 1.96. The molecule has 0 radical (unpaired) electrons. The van der Waals surface area contributed by atoms with Crippen molar-refractivity contribution in [2.45, 2.75) is 6.92 Å². The lowest BCUT2D eigenvalue weighted by atomic mass is 10.2. The largest absolute Gasteiger partial charge is 0.438 e. The summed E-state index contributed by atoms with van der Waals surface area (Å²) in [4.78, 5) is 8.14. The van der Waals surface area contributed by atoms with Crippen molar-refractivity contribution in [1.82, 2.24) is 9.97 Å². The number of nitrogens with zero attached hydrogens (tertiary/aromatic N) is 3. The van der Waals surface area contributed by atoms with Crippen molar-refractivity contribution in [1.29, 1.82) is 5.26 Å². The molecule has 1 heterocycles. The predicted molar refractivity (Wildman–Crippen MR) is 58.0 cm³/mol. The second-order valence-corrected chi connectivity index (χ2v) is 3.23. The van der Waals surface area contributed by atoms with Crippen LogP contribution in [0, 0.1) is 18.3 Å². The number of hydrogen-bond acceptors (Lipinski definition) is 4. The van der Waals surface area contributed by atoms with Gasteiger partial charge >= 0.3 is 0 Å². The minimum absolute atomic E-state index is 0.440. The van der Waals surface area contributed by atoms with Crippen molar-refractivity contribution < 1.29 is 4.74 Å². The van der Waals surface area contributed by atoms with Gasteiger partial charge in [-0.15, -0.1) is 0 Å². The van der Waals surface area contributed by atoms with Crippen molar-refractivity contribution in [3.05, 3.63) is 47.9 Å². The molecule has 2 rings (SSSR count). The molecule has 2 aromatic rings. The Balaban J connectivity index is 2.15. The highest BCUT2D eigenvalue weighted by atomic mass is 16.5. The Morgan fingerprint density at radius 2 is 1.88 bits per heavy atom. The van der Waals surface area contributed by atoms with Gasteiger partial charge in [0.05, 0.1) is 29.7 Å². The molecule has 4 nitrogen and oxygen atoms in total. The van der Waals surface area contributed by atoms with Crippen LogP contribution in [0.5, 0.6) is 11.6 Å². The van der Waals surface area contributed by atoms with Crippen LogP contribution in [0.3, 0.4) is 0 Å². The zero-order chi connectivity index (χ0) is 11.4. The number of aryl methyl sites for hydroxylation is 1. The minimum atomic E-state index is 0.440. The summed E-state index contributed by atoms with van der Waals surface area (Å²) in [6, 6.07) is 8.87. The molecule has 0 bridgehead atoms. The summed E-state index contributed by atoms with van der Waals surface area (Å²) in [5, 5.41) is 8.64. The average Bonchev–Trinajstić information content (AvgIpc) is 2.33. The van der Waals surface area contributed by atoms with Crippen LogP contribution in [-0.2, 0) is 0 Å². The summed E-state index contributed by atoms with van der Waals surface area (Å²) in [6.45, 7) is 1.86. The Kier molecular flexibility index (Phi) is 2.79. The molecule has 0 saturated heterocycles. The molecule has 0 saturated carbocycles. The van der Waals surface area contributed by atoms with Gasteiger partial charge in [-0.1, -0.05) is 0 Å². The third-order valence-corrected chi connectivity index (χ3v) is 1.96. The van der Waals surface area contributed by atoms with Gasteiger partial charge in [-0.05, 0) is 31.2 Å². The number of benzene rings is 1. The van der Waals surface area contributed by atoms with E-state index in [1.165, 1.54) is 0 Å². The molecule has 0 unspecified atom stereocenters. The van der Waals surface area contributed by atoms with Crippen LogP contribution in [0.1, 0.15) is 11.3 Å². The highest BCUT2D eigenvalue weighted by molar-refractivity contribution is 5.35. The van der Waals surface area contributed by atoms with Gasteiger partial charge in [0.1, 0.15) is 5.75 Å². The van der Waals surface area contributed by atoms with E-state index in [0.717, 1.165) is 5.69 Å². The Labute approximate surface area is 93.2 Å². The van der Waals surface area contributed by atoms with Gasteiger partial charge in [0.2, 0.25) is 5.88 Å². The van der Waals surface area contributed by atoms with Gasteiger partial charge in [0.15, 0.2) is 0 Å². The number of ether oxygens (including phenoxy) is 1. The molecule has 0 atom stereocenters. The lowest BCUT2D eigenvalue weighted by Gasteiger charge is -2.03. The fraction of sp³-hybridized carbons (Fsp3) is 0.0833. The summed E-state index contributed by atoms with van der Waals surface area (Å²) in [5.74, 6) is 1.08. The summed E-state index contributed by atoms with van der Waals surface area (Å²) in [7, 11) is 0. The second kappa shape index (κ2) is 4.41. The molecular formula is C12H9N3O. The van der Waals surface area contributed by atoms with E-state index < -0.39 is 0 Å². The maximum Gasteiger partial charge on any atom is 0.237 e. The molecule has 0 fully saturated rings. The zero-order valence-electron chi connectivity index (χ0n) is 8.71. The molecule has 78 valence electrons. The van der Waals surface area contributed by atoms with E-state index in [9.17, 15) is 0 Å². The van der Waals surface area contributed by atoms with Gasteiger partial charge in [-0.3, -0.25) is 4.98 Å². The van der Waals surface area contributed by atoms with Crippen molar-refractivity contribution in [2.24, 2.45) is 0 Å². The van der Waals surface area contributed by atoms with Gasteiger partial charge in [0, 0.05) is 0 Å². The molecular weight excluding hydrogens is 202 g/mol. The van der Waals surface area contributed by atoms with E-state index in [2.05, 4.69) is 9.97 Å². The molecule has 0 spiro atoms. The van der Waals surface area contributed by atoms with Crippen LogP contribution in [0.15, 0.2) is 36.7 Å². The lowest BCUT2D eigenvalue weighted by molar-refractivity contribution is 0.459. The van der Waals surface area contributed by atoms with Crippen LogP contribution < -0.4 is 4.74 Å². The van der Waals surface area contributed by atoms with Crippen LogP contribution in [0.2, 0.25) is 0 Å². The summed E-state index contributed by atoms with van der Waals surface area (Å²) >= 11 is 0. The Hall–Kier alpha value is -2.41. The van der Waals surface area contributed by atoms with Gasteiger partial charge in [-0.25, -0.2) is 4.98 Å². The van der Waals surface area contributed by atoms with E-state index in [0.29, 0.717) is 17.2 Å². The topological polar surface area (TPSA) is 58.8 Å². The number of rotatable bonds is 2. The molecule has 0 aliphatic carbocycles. The van der Waals surface area contributed by atoms with E-state index in [4.69, 9.17) is 10.00 Å². The molecule has 0 aliphatic heterocycles. The van der Waals surface area contributed by atoms with Crippen molar-refractivity contribution in [3.8, 4) is 17.7 Å². The fourth-order valence-electron chi connectivity index (χ4n) is 1.15. The number of aromatic nitrogens is 2. The highest BCUT2D eigenvalue weighted by Gasteiger charge is 1.98. The molecule has 1 aromatic carbocycles. The van der Waals surface area contributed by atoms with Crippen molar-refractivity contribution in [3.63, 3.8) is 0 Å². The molecule has 4 heteroatoms. The molecule has 0 amide bonds. The number of nitriles is 1. The molecule has 0 aliphatic rings. The Morgan fingerprint density at radius 1 is 1.12 bits per heavy atom. The van der Waals surface area contributed by atoms with E-state index in [1.807, 2.05) is 13.0 Å². The van der Waals surface area contributed by atoms with Crippen LogP contribution in [-0.4, -0.2) is 9.97 Å². The van der Waals surface area contributed by atoms with E-state index >= 15 is 0 Å². The Bertz CT molecular complexity index is 511. The first-order valence-electron chi connectivity index (χ1n) is 4.74.